The van der Waals surface area contributed by atoms with Gasteiger partial charge < -0.3 is 4.74 Å². The van der Waals surface area contributed by atoms with Crippen molar-refractivity contribution in [3.05, 3.63) is 41.2 Å². The van der Waals surface area contributed by atoms with Crippen LogP contribution >= 0.6 is 0 Å². The normalized spacial score (nSPS) is 19.3. The van der Waals surface area contributed by atoms with Crippen molar-refractivity contribution in [1.29, 1.82) is 0 Å². The van der Waals surface area contributed by atoms with Gasteiger partial charge >= 0.3 is 5.97 Å². The van der Waals surface area contributed by atoms with Gasteiger partial charge in [0.05, 0.1) is 0 Å². The van der Waals surface area contributed by atoms with E-state index in [1.165, 1.54) is 6.07 Å². The summed E-state index contributed by atoms with van der Waals surface area (Å²) in [5, 5.41) is 0. The molecule has 2 nitrogen and oxygen atoms in total. The molecular weight excluding hydrogens is 231 g/mol. The molecule has 0 aromatic heterocycles. The molecule has 18 heavy (non-hydrogen) atoms. The van der Waals surface area contributed by atoms with Crippen molar-refractivity contribution in [1.82, 2.24) is 0 Å². The van der Waals surface area contributed by atoms with E-state index < -0.39 is 0 Å². The third-order valence-electron chi connectivity index (χ3n) is 3.29. The number of aryl methyl sites for hydroxylation is 1. The van der Waals surface area contributed by atoms with Crippen molar-refractivity contribution in [3.63, 3.8) is 0 Å². The van der Waals surface area contributed by atoms with Crippen LogP contribution in [0.3, 0.4) is 0 Å². The number of rotatable bonds is 2. The molecule has 96 valence electrons. The molecule has 0 N–H and O–H groups in total. The second-order valence-corrected chi connectivity index (χ2v) is 4.91. The molecule has 1 aromatic carbocycles. The zero-order chi connectivity index (χ0) is 13.1. The number of allylic oxidation sites excluding steroid dienone is 1. The standard InChI is InChI=1S/C15H17FO2/c1-10-3-6-12(7-4-10)15(17)18-13-8-5-11(2)14(16)9-13/h5-6,8-10H,3-4,7H2,1-2H3. The number of hydrogen-bond donors (Lipinski definition) is 0. The summed E-state index contributed by atoms with van der Waals surface area (Å²) < 4.78 is 18.5. The summed E-state index contributed by atoms with van der Waals surface area (Å²) in [6, 6.07) is 4.47. The van der Waals surface area contributed by atoms with Crippen LogP contribution in [0.1, 0.15) is 31.7 Å². The zero-order valence-electron chi connectivity index (χ0n) is 10.7. The third-order valence-corrected chi connectivity index (χ3v) is 3.29. The first-order chi connectivity index (χ1) is 8.56. The lowest BCUT2D eigenvalue weighted by atomic mass is 9.91. The van der Waals surface area contributed by atoms with E-state index in [1.54, 1.807) is 19.1 Å². The molecule has 0 aliphatic heterocycles. The van der Waals surface area contributed by atoms with Gasteiger partial charge in [0, 0.05) is 11.6 Å². The quantitative estimate of drug-likeness (QED) is 0.588. The van der Waals surface area contributed by atoms with Crippen LogP contribution in [0.5, 0.6) is 5.75 Å². The van der Waals surface area contributed by atoms with E-state index >= 15 is 0 Å². The molecule has 2 rings (SSSR count). The van der Waals surface area contributed by atoms with E-state index in [1.807, 2.05) is 6.08 Å². The van der Waals surface area contributed by atoms with Crippen LogP contribution in [-0.2, 0) is 4.79 Å². The fourth-order valence-electron chi connectivity index (χ4n) is 1.96. The summed E-state index contributed by atoms with van der Waals surface area (Å²) >= 11 is 0. The molecule has 0 heterocycles. The van der Waals surface area contributed by atoms with Crippen LogP contribution in [0.15, 0.2) is 29.8 Å². The molecule has 1 atom stereocenters. The fraction of sp³-hybridized carbons (Fsp3) is 0.400. The Morgan fingerprint density at radius 1 is 1.44 bits per heavy atom. The van der Waals surface area contributed by atoms with Gasteiger partial charge in [-0.3, -0.25) is 0 Å². The Morgan fingerprint density at radius 2 is 2.22 bits per heavy atom. The smallest absolute Gasteiger partial charge is 0.339 e. The Balaban J connectivity index is 2.05. The summed E-state index contributed by atoms with van der Waals surface area (Å²) in [6.45, 7) is 3.83. The summed E-state index contributed by atoms with van der Waals surface area (Å²) in [6.07, 6.45) is 4.59. The second-order valence-electron chi connectivity index (χ2n) is 4.91. The van der Waals surface area contributed by atoms with Gasteiger partial charge in [-0.1, -0.05) is 19.1 Å². The van der Waals surface area contributed by atoms with Crippen LogP contribution in [0.4, 0.5) is 4.39 Å². The van der Waals surface area contributed by atoms with E-state index in [0.29, 0.717) is 17.1 Å². The fourth-order valence-corrected chi connectivity index (χ4v) is 1.96. The van der Waals surface area contributed by atoms with E-state index in [-0.39, 0.29) is 17.5 Å². The van der Waals surface area contributed by atoms with E-state index in [9.17, 15) is 9.18 Å². The first-order valence-corrected chi connectivity index (χ1v) is 6.23. The minimum atomic E-state index is -0.356. The number of esters is 1. The van der Waals surface area contributed by atoms with Gasteiger partial charge in [-0.2, -0.15) is 0 Å². The molecule has 3 heteroatoms. The van der Waals surface area contributed by atoms with Gasteiger partial charge in [-0.15, -0.1) is 0 Å². The number of carbonyl (C=O) groups excluding carboxylic acids is 1. The first-order valence-electron chi connectivity index (χ1n) is 6.23. The summed E-state index contributed by atoms with van der Waals surface area (Å²) in [4.78, 5) is 11.9. The Bertz CT molecular complexity index is 491. The number of hydrogen-bond acceptors (Lipinski definition) is 2. The Labute approximate surface area is 106 Å². The molecule has 1 aliphatic carbocycles. The van der Waals surface area contributed by atoms with Gasteiger partial charge in [-0.25, -0.2) is 9.18 Å². The second kappa shape index (κ2) is 5.34. The molecular formula is C15H17FO2. The first kappa shape index (κ1) is 12.8. The van der Waals surface area contributed by atoms with Crippen molar-refractivity contribution in [3.8, 4) is 5.75 Å². The van der Waals surface area contributed by atoms with Crippen LogP contribution in [-0.4, -0.2) is 5.97 Å². The summed E-state index contributed by atoms with van der Waals surface area (Å²) in [7, 11) is 0. The summed E-state index contributed by atoms with van der Waals surface area (Å²) in [5.74, 6) is 0.178. The molecule has 0 amide bonds. The van der Waals surface area contributed by atoms with Crippen molar-refractivity contribution in [2.75, 3.05) is 0 Å². The highest BCUT2D eigenvalue weighted by Crippen LogP contribution is 2.24. The van der Waals surface area contributed by atoms with E-state index in [0.717, 1.165) is 19.3 Å². The largest absolute Gasteiger partial charge is 0.423 e. The minimum Gasteiger partial charge on any atom is -0.423 e. The van der Waals surface area contributed by atoms with Gasteiger partial charge in [0.25, 0.3) is 0 Å². The summed E-state index contributed by atoms with van der Waals surface area (Å²) in [5.41, 5.74) is 1.24. The molecule has 0 bridgehead atoms. The highest BCUT2D eigenvalue weighted by molar-refractivity contribution is 5.90. The van der Waals surface area contributed by atoms with Crippen molar-refractivity contribution in [2.24, 2.45) is 5.92 Å². The maximum Gasteiger partial charge on any atom is 0.339 e. The third kappa shape index (κ3) is 2.97. The molecule has 0 saturated carbocycles. The van der Waals surface area contributed by atoms with Gasteiger partial charge in [-0.05, 0) is 43.7 Å². The number of halogens is 1. The monoisotopic (exact) mass is 248 g/mol. The van der Waals surface area contributed by atoms with Crippen LogP contribution < -0.4 is 4.74 Å². The molecule has 0 saturated heterocycles. The van der Waals surface area contributed by atoms with Crippen LogP contribution in [0.25, 0.3) is 0 Å². The average Bonchev–Trinajstić information content (AvgIpc) is 2.34. The lowest BCUT2D eigenvalue weighted by Crippen LogP contribution is -2.15. The highest BCUT2D eigenvalue weighted by atomic mass is 19.1. The zero-order valence-corrected chi connectivity index (χ0v) is 10.7. The van der Waals surface area contributed by atoms with E-state index in [2.05, 4.69) is 6.92 Å². The topological polar surface area (TPSA) is 26.3 Å². The Hall–Kier alpha value is -1.64. The SMILES string of the molecule is Cc1ccc(OC(=O)C2=CCC(C)CC2)cc1F. The molecule has 0 fully saturated rings. The van der Waals surface area contributed by atoms with Crippen molar-refractivity contribution < 1.29 is 13.9 Å². The van der Waals surface area contributed by atoms with Crippen LogP contribution in [0.2, 0.25) is 0 Å². The lowest BCUT2D eigenvalue weighted by molar-refractivity contribution is -0.130. The molecule has 1 unspecified atom stereocenters. The number of carbonyl (C=O) groups is 1. The highest BCUT2D eigenvalue weighted by Gasteiger charge is 2.18. The van der Waals surface area contributed by atoms with Gasteiger partial charge in [0.1, 0.15) is 11.6 Å². The maximum absolute atomic E-state index is 13.3. The predicted molar refractivity (Wildman–Crippen MR) is 67.9 cm³/mol. The molecule has 1 aromatic rings. The van der Waals surface area contributed by atoms with Gasteiger partial charge in [0.2, 0.25) is 0 Å². The van der Waals surface area contributed by atoms with Crippen molar-refractivity contribution >= 4 is 5.97 Å². The average molecular weight is 248 g/mol. The maximum atomic E-state index is 13.3. The molecule has 0 spiro atoms. The predicted octanol–water partition coefficient (Wildman–Crippen LogP) is 3.79. The van der Waals surface area contributed by atoms with Gasteiger partial charge in [0.15, 0.2) is 0 Å². The van der Waals surface area contributed by atoms with Crippen molar-refractivity contribution in [2.45, 2.75) is 33.1 Å². The van der Waals surface area contributed by atoms with E-state index in [4.69, 9.17) is 4.74 Å². The molecule has 1 aliphatic rings. The Kier molecular flexibility index (Phi) is 3.80. The number of benzene rings is 1. The minimum absolute atomic E-state index is 0.266. The lowest BCUT2D eigenvalue weighted by Gasteiger charge is -2.17. The Morgan fingerprint density at radius 3 is 2.83 bits per heavy atom. The number of ether oxygens (including phenoxy) is 1. The molecule has 0 radical (unpaired) electrons. The van der Waals surface area contributed by atoms with Crippen LogP contribution in [0, 0.1) is 18.7 Å².